The maximum Gasteiger partial charge on any atom is 0.325 e. The van der Waals surface area contributed by atoms with E-state index in [4.69, 9.17) is 5.11 Å². The lowest BCUT2D eigenvalue weighted by Gasteiger charge is -2.05. The molecule has 9 heteroatoms. The van der Waals surface area contributed by atoms with Crippen molar-refractivity contribution in [2.75, 3.05) is 0 Å². The van der Waals surface area contributed by atoms with Crippen molar-refractivity contribution >= 4 is 11.9 Å². The van der Waals surface area contributed by atoms with Crippen LogP contribution < -0.4 is 5.32 Å². The van der Waals surface area contributed by atoms with Crippen LogP contribution in [0.3, 0.4) is 0 Å². The molecule has 0 saturated heterocycles. The van der Waals surface area contributed by atoms with Gasteiger partial charge in [-0.2, -0.15) is 0 Å². The topological polar surface area (TPSA) is 117 Å². The summed E-state index contributed by atoms with van der Waals surface area (Å²) < 4.78 is 14.1. The summed E-state index contributed by atoms with van der Waals surface area (Å²) >= 11 is 0. The first kappa shape index (κ1) is 14.4. The van der Waals surface area contributed by atoms with Crippen LogP contribution in [0.5, 0.6) is 5.75 Å². The third-order valence-corrected chi connectivity index (χ3v) is 2.52. The van der Waals surface area contributed by atoms with Crippen LogP contribution >= 0.6 is 0 Å². The lowest BCUT2D eigenvalue weighted by atomic mass is 10.2. The van der Waals surface area contributed by atoms with Gasteiger partial charge in [-0.05, 0) is 18.2 Å². The van der Waals surface area contributed by atoms with Gasteiger partial charge in [-0.25, -0.2) is 9.07 Å². The maximum absolute atomic E-state index is 13.0. The smallest absolute Gasteiger partial charge is 0.325 e. The van der Waals surface area contributed by atoms with Crippen LogP contribution in [0.25, 0.3) is 0 Å². The van der Waals surface area contributed by atoms with E-state index in [0.717, 1.165) is 22.9 Å². The van der Waals surface area contributed by atoms with Crippen LogP contribution in [0.4, 0.5) is 4.39 Å². The number of carboxylic acids is 1. The van der Waals surface area contributed by atoms with Gasteiger partial charge in [0.15, 0.2) is 0 Å². The average molecular weight is 294 g/mol. The number of carbonyl (C=O) groups excluding carboxylic acids is 1. The highest BCUT2D eigenvalue weighted by Crippen LogP contribution is 2.17. The van der Waals surface area contributed by atoms with Gasteiger partial charge in [-0.15, -0.1) is 5.10 Å². The number of carboxylic acid groups (broad SMARTS) is 1. The number of aromatic hydroxyl groups is 1. The van der Waals surface area contributed by atoms with Crippen LogP contribution in [-0.2, 0) is 17.9 Å². The number of phenols is 1. The molecule has 2 aromatic rings. The van der Waals surface area contributed by atoms with Crippen molar-refractivity contribution in [3.05, 3.63) is 41.5 Å². The molecule has 3 N–H and O–H groups in total. The number of halogens is 1. The summed E-state index contributed by atoms with van der Waals surface area (Å²) in [6, 6.07) is 3.02. The zero-order valence-electron chi connectivity index (χ0n) is 10.7. The van der Waals surface area contributed by atoms with Crippen molar-refractivity contribution < 1.29 is 24.2 Å². The molecule has 0 saturated carbocycles. The molecule has 0 bridgehead atoms. The largest absolute Gasteiger partial charge is 0.507 e. The number of amides is 1. The molecule has 0 atom stereocenters. The molecule has 0 aliphatic rings. The molecular weight excluding hydrogens is 283 g/mol. The Balaban J connectivity index is 1.99. The van der Waals surface area contributed by atoms with E-state index in [0.29, 0.717) is 5.69 Å². The van der Waals surface area contributed by atoms with E-state index in [1.54, 1.807) is 0 Å². The first-order chi connectivity index (χ1) is 9.95. The summed E-state index contributed by atoms with van der Waals surface area (Å²) in [4.78, 5) is 22.3. The minimum atomic E-state index is -1.07. The Morgan fingerprint density at radius 3 is 2.86 bits per heavy atom. The number of aliphatic carboxylic acids is 1. The van der Waals surface area contributed by atoms with E-state index < -0.39 is 17.7 Å². The third kappa shape index (κ3) is 3.75. The molecule has 0 fully saturated rings. The summed E-state index contributed by atoms with van der Waals surface area (Å²) in [5.41, 5.74) is 0.133. The molecule has 0 aliphatic carbocycles. The van der Waals surface area contributed by atoms with Crippen LogP contribution in [0.2, 0.25) is 0 Å². The maximum atomic E-state index is 13.0. The lowest BCUT2D eigenvalue weighted by Crippen LogP contribution is -2.23. The summed E-state index contributed by atoms with van der Waals surface area (Å²) in [5.74, 6) is -2.74. The molecule has 8 nitrogen and oxygen atoms in total. The predicted octanol–water partition coefficient (Wildman–Crippen LogP) is 0.137. The molecule has 0 unspecified atom stereocenters. The Labute approximate surface area is 117 Å². The second-order valence-electron chi connectivity index (χ2n) is 4.15. The lowest BCUT2D eigenvalue weighted by molar-refractivity contribution is -0.137. The number of nitrogens with zero attached hydrogens (tertiary/aromatic N) is 3. The van der Waals surface area contributed by atoms with Gasteiger partial charge in [-0.3, -0.25) is 9.59 Å². The Morgan fingerprint density at radius 2 is 2.14 bits per heavy atom. The van der Waals surface area contributed by atoms with Crippen molar-refractivity contribution in [1.29, 1.82) is 0 Å². The summed E-state index contributed by atoms with van der Waals surface area (Å²) in [5, 5.41) is 27.7. The number of benzene rings is 1. The van der Waals surface area contributed by atoms with Crippen LogP contribution in [-0.4, -0.2) is 37.1 Å². The van der Waals surface area contributed by atoms with Crippen molar-refractivity contribution in [2.24, 2.45) is 0 Å². The first-order valence-corrected chi connectivity index (χ1v) is 5.83. The summed E-state index contributed by atoms with van der Waals surface area (Å²) in [6.45, 7) is -0.375. The van der Waals surface area contributed by atoms with E-state index in [2.05, 4.69) is 15.6 Å². The Morgan fingerprint density at radius 1 is 1.38 bits per heavy atom. The molecule has 1 aromatic carbocycles. The minimum absolute atomic E-state index is 0.0333. The van der Waals surface area contributed by atoms with E-state index >= 15 is 0 Å². The number of aromatic nitrogens is 3. The Hall–Kier alpha value is -2.97. The van der Waals surface area contributed by atoms with Crippen LogP contribution in [0.1, 0.15) is 16.1 Å². The van der Waals surface area contributed by atoms with Crippen molar-refractivity contribution in [3.63, 3.8) is 0 Å². The van der Waals surface area contributed by atoms with Gasteiger partial charge in [0.2, 0.25) is 0 Å². The molecule has 1 amide bonds. The number of hydrogen-bond donors (Lipinski definition) is 3. The number of phenolic OH excluding ortho intramolecular Hbond substituents is 1. The molecule has 0 spiro atoms. The first-order valence-electron chi connectivity index (χ1n) is 5.83. The molecule has 1 heterocycles. The van der Waals surface area contributed by atoms with Crippen molar-refractivity contribution in [2.45, 2.75) is 13.1 Å². The number of rotatable bonds is 5. The number of nitrogens with one attached hydrogen (secondary N) is 1. The summed E-state index contributed by atoms with van der Waals surface area (Å²) in [7, 11) is 0. The van der Waals surface area contributed by atoms with Crippen molar-refractivity contribution in [3.8, 4) is 5.75 Å². The SMILES string of the molecule is O=C(O)Cn1cc(CNC(=O)c2cc(F)ccc2O)nn1. The zero-order valence-corrected chi connectivity index (χ0v) is 10.7. The summed E-state index contributed by atoms with van der Waals surface area (Å²) in [6.07, 6.45) is 1.36. The highest BCUT2D eigenvalue weighted by atomic mass is 19.1. The van der Waals surface area contributed by atoms with Gasteiger partial charge in [0, 0.05) is 0 Å². The normalized spacial score (nSPS) is 10.3. The van der Waals surface area contributed by atoms with Gasteiger partial charge in [0.05, 0.1) is 18.3 Å². The second-order valence-corrected chi connectivity index (χ2v) is 4.15. The van der Waals surface area contributed by atoms with Gasteiger partial charge in [0.1, 0.15) is 23.8 Å². The van der Waals surface area contributed by atoms with Gasteiger partial charge < -0.3 is 15.5 Å². The van der Waals surface area contributed by atoms with Crippen LogP contribution in [0, 0.1) is 5.82 Å². The van der Waals surface area contributed by atoms with Crippen LogP contribution in [0.15, 0.2) is 24.4 Å². The Kier molecular flexibility index (Phi) is 4.12. The number of carbonyl (C=O) groups is 2. The molecular formula is C12H11FN4O4. The van der Waals surface area contributed by atoms with E-state index in [1.165, 1.54) is 6.20 Å². The molecule has 110 valence electrons. The van der Waals surface area contributed by atoms with Gasteiger partial charge in [-0.1, -0.05) is 5.21 Å². The van der Waals surface area contributed by atoms with E-state index in [-0.39, 0.29) is 24.4 Å². The molecule has 0 aliphatic heterocycles. The second kappa shape index (κ2) is 5.99. The Bertz CT molecular complexity index is 686. The van der Waals surface area contributed by atoms with Crippen molar-refractivity contribution in [1.82, 2.24) is 20.3 Å². The fourth-order valence-corrected chi connectivity index (χ4v) is 1.59. The molecule has 0 radical (unpaired) electrons. The third-order valence-electron chi connectivity index (χ3n) is 2.52. The quantitative estimate of drug-likeness (QED) is 0.722. The van der Waals surface area contributed by atoms with Gasteiger partial charge >= 0.3 is 5.97 Å². The minimum Gasteiger partial charge on any atom is -0.507 e. The molecule has 21 heavy (non-hydrogen) atoms. The fourth-order valence-electron chi connectivity index (χ4n) is 1.59. The van der Waals surface area contributed by atoms with E-state index in [1.807, 2.05) is 0 Å². The fraction of sp³-hybridized carbons (Fsp3) is 0.167. The molecule has 1 aromatic heterocycles. The monoisotopic (exact) mass is 294 g/mol. The predicted molar refractivity (Wildman–Crippen MR) is 66.9 cm³/mol. The zero-order chi connectivity index (χ0) is 15.4. The number of hydrogen-bond acceptors (Lipinski definition) is 5. The van der Waals surface area contributed by atoms with E-state index in [9.17, 15) is 19.1 Å². The highest BCUT2D eigenvalue weighted by molar-refractivity contribution is 5.96. The standard InChI is InChI=1S/C12H11FN4O4/c13-7-1-2-10(18)9(3-7)12(21)14-4-8-5-17(16-15-8)6-11(19)20/h1-3,5,18H,4,6H2,(H,14,21)(H,19,20). The highest BCUT2D eigenvalue weighted by Gasteiger charge is 2.13. The van der Waals surface area contributed by atoms with Gasteiger partial charge in [0.25, 0.3) is 5.91 Å². The molecule has 2 rings (SSSR count). The average Bonchev–Trinajstić information content (AvgIpc) is 2.85.